The molecule has 1 aliphatic carbocycles. The largest absolute Gasteiger partial charge is 0.445 e. The molecule has 1 aliphatic rings. The van der Waals surface area contributed by atoms with Gasteiger partial charge in [0.25, 0.3) is 5.91 Å². The van der Waals surface area contributed by atoms with E-state index in [1.807, 2.05) is 37.3 Å². The molecule has 1 fully saturated rings. The van der Waals surface area contributed by atoms with Gasteiger partial charge >= 0.3 is 0 Å². The number of benzene rings is 1. The fraction of sp³-hybridized carbons (Fsp3) is 0.278. The molecule has 0 spiro atoms. The molecule has 0 bridgehead atoms. The summed E-state index contributed by atoms with van der Waals surface area (Å²) in [5, 5.41) is 6.93. The number of hydrogen-bond acceptors (Lipinski definition) is 5. The van der Waals surface area contributed by atoms with E-state index in [9.17, 15) is 4.79 Å². The van der Waals surface area contributed by atoms with Crippen LogP contribution in [0.2, 0.25) is 0 Å². The molecule has 1 aromatic carbocycles. The minimum absolute atomic E-state index is 0.0399. The van der Waals surface area contributed by atoms with Crippen LogP contribution in [-0.4, -0.2) is 21.4 Å². The maximum absolute atomic E-state index is 12.7. The van der Waals surface area contributed by atoms with E-state index in [2.05, 4.69) is 27.5 Å². The number of carbonyl (C=O) groups is 1. The first-order valence-corrected chi connectivity index (χ1v) is 7.94. The van der Waals surface area contributed by atoms with Crippen LogP contribution in [-0.2, 0) is 0 Å². The molecule has 2 aromatic heterocycles. The molecule has 6 heteroatoms. The first kappa shape index (κ1) is 14.7. The molecule has 1 saturated carbocycles. The van der Waals surface area contributed by atoms with Crippen LogP contribution < -0.4 is 10.6 Å². The number of hydrogen-bond donors (Lipinski definition) is 2. The summed E-state index contributed by atoms with van der Waals surface area (Å²) in [4.78, 5) is 21.4. The van der Waals surface area contributed by atoms with Crippen LogP contribution in [0.25, 0.3) is 11.1 Å². The third-order valence-corrected chi connectivity index (χ3v) is 4.24. The lowest BCUT2D eigenvalue weighted by Gasteiger charge is -2.14. The predicted molar refractivity (Wildman–Crippen MR) is 92.2 cm³/mol. The van der Waals surface area contributed by atoms with Crippen molar-refractivity contribution in [1.29, 1.82) is 0 Å². The van der Waals surface area contributed by atoms with E-state index in [-0.39, 0.29) is 11.4 Å². The van der Waals surface area contributed by atoms with E-state index in [1.165, 1.54) is 6.26 Å². The van der Waals surface area contributed by atoms with Gasteiger partial charge in [0.05, 0.1) is 10.9 Å². The van der Waals surface area contributed by atoms with Crippen LogP contribution in [0.15, 0.2) is 41.0 Å². The third-order valence-electron chi connectivity index (χ3n) is 4.24. The van der Waals surface area contributed by atoms with Gasteiger partial charge in [-0.3, -0.25) is 4.79 Å². The van der Waals surface area contributed by atoms with Crippen molar-refractivity contribution in [3.63, 3.8) is 0 Å². The molecule has 0 atom stereocenters. The molecule has 0 unspecified atom stereocenters. The molecule has 0 radical (unpaired) electrons. The fourth-order valence-corrected chi connectivity index (χ4v) is 2.62. The number of aromatic nitrogens is 2. The average molecular weight is 322 g/mol. The smallest absolute Gasteiger partial charge is 0.259 e. The van der Waals surface area contributed by atoms with Gasteiger partial charge in [0.15, 0.2) is 0 Å². The van der Waals surface area contributed by atoms with Gasteiger partial charge < -0.3 is 15.1 Å². The number of carbonyl (C=O) groups excluding carboxylic acids is 1. The fourth-order valence-electron chi connectivity index (χ4n) is 2.62. The Morgan fingerprint density at radius 3 is 2.67 bits per heavy atom. The summed E-state index contributed by atoms with van der Waals surface area (Å²) in [5.41, 5.74) is 1.62. The first-order chi connectivity index (χ1) is 11.5. The summed E-state index contributed by atoms with van der Waals surface area (Å²) < 4.78 is 5.51. The average Bonchev–Trinajstić information content (AvgIpc) is 3.11. The Labute approximate surface area is 139 Å². The van der Waals surface area contributed by atoms with E-state index >= 15 is 0 Å². The molecular weight excluding hydrogens is 304 g/mol. The standard InChI is InChI=1S/C18H18N4O2/c1-11-19-15(22-18(2)8-9-18)14-13(10-24-17(14)20-11)16(23)21-12-6-4-3-5-7-12/h3-7,10H,8-9H2,1-2H3,(H,21,23)(H,19,20,22). The number of aryl methyl sites for hydroxylation is 1. The summed E-state index contributed by atoms with van der Waals surface area (Å²) in [6.45, 7) is 3.95. The molecule has 4 rings (SSSR count). The van der Waals surface area contributed by atoms with Crippen molar-refractivity contribution in [3.05, 3.63) is 48.0 Å². The van der Waals surface area contributed by atoms with Gasteiger partial charge in [-0.25, -0.2) is 4.98 Å². The van der Waals surface area contributed by atoms with Gasteiger partial charge in [0, 0.05) is 11.2 Å². The lowest BCUT2D eigenvalue weighted by atomic mass is 10.2. The summed E-state index contributed by atoms with van der Waals surface area (Å²) >= 11 is 0. The molecule has 2 N–H and O–H groups in total. The number of nitrogens with one attached hydrogen (secondary N) is 2. The predicted octanol–water partition coefficient (Wildman–Crippen LogP) is 3.75. The van der Waals surface area contributed by atoms with Crippen LogP contribution in [0.5, 0.6) is 0 Å². The number of nitrogens with zero attached hydrogens (tertiary/aromatic N) is 2. The van der Waals surface area contributed by atoms with Crippen LogP contribution >= 0.6 is 0 Å². The van der Waals surface area contributed by atoms with Crippen LogP contribution in [0.1, 0.15) is 35.9 Å². The van der Waals surface area contributed by atoms with Crippen LogP contribution in [0, 0.1) is 6.92 Å². The molecular formula is C18H18N4O2. The molecule has 2 heterocycles. The first-order valence-electron chi connectivity index (χ1n) is 7.94. The van der Waals surface area contributed by atoms with Crippen molar-refractivity contribution in [1.82, 2.24) is 9.97 Å². The van der Waals surface area contributed by atoms with Crippen molar-refractivity contribution < 1.29 is 9.21 Å². The van der Waals surface area contributed by atoms with E-state index in [1.54, 1.807) is 0 Å². The summed E-state index contributed by atoms with van der Waals surface area (Å²) in [5.74, 6) is 1.03. The van der Waals surface area contributed by atoms with Crippen molar-refractivity contribution in [2.24, 2.45) is 0 Å². The van der Waals surface area contributed by atoms with E-state index < -0.39 is 0 Å². The van der Waals surface area contributed by atoms with Crippen LogP contribution in [0.3, 0.4) is 0 Å². The number of anilines is 2. The molecule has 0 aliphatic heterocycles. The second kappa shape index (κ2) is 5.33. The van der Waals surface area contributed by atoms with Gasteiger partial charge in [0.2, 0.25) is 5.71 Å². The van der Waals surface area contributed by atoms with E-state index in [0.29, 0.717) is 28.3 Å². The minimum Gasteiger partial charge on any atom is -0.445 e. The molecule has 3 aromatic rings. The normalized spacial score (nSPS) is 15.2. The monoisotopic (exact) mass is 322 g/mol. The zero-order valence-corrected chi connectivity index (χ0v) is 13.6. The highest BCUT2D eigenvalue weighted by molar-refractivity contribution is 6.14. The number of amides is 1. The van der Waals surface area contributed by atoms with Gasteiger partial charge in [-0.2, -0.15) is 4.98 Å². The molecule has 1 amide bonds. The highest BCUT2D eigenvalue weighted by Crippen LogP contribution is 2.40. The summed E-state index contributed by atoms with van der Waals surface area (Å²) in [7, 11) is 0. The highest BCUT2D eigenvalue weighted by atomic mass is 16.3. The Balaban J connectivity index is 1.74. The Hall–Kier alpha value is -2.89. The van der Waals surface area contributed by atoms with Crippen molar-refractivity contribution in [3.8, 4) is 0 Å². The molecule has 24 heavy (non-hydrogen) atoms. The molecule has 0 saturated heterocycles. The molecule has 122 valence electrons. The Morgan fingerprint density at radius 1 is 1.21 bits per heavy atom. The second-order valence-electron chi connectivity index (χ2n) is 6.45. The SMILES string of the molecule is Cc1nc(NC2(C)CC2)c2c(C(=O)Nc3ccccc3)coc2n1. The van der Waals surface area contributed by atoms with E-state index in [0.717, 1.165) is 18.5 Å². The lowest BCUT2D eigenvalue weighted by molar-refractivity contribution is 0.102. The Kier molecular flexibility index (Phi) is 3.26. The molecule has 6 nitrogen and oxygen atoms in total. The lowest BCUT2D eigenvalue weighted by Crippen LogP contribution is -2.19. The topological polar surface area (TPSA) is 80.0 Å². The minimum atomic E-state index is -0.239. The van der Waals surface area contributed by atoms with Gasteiger partial charge in [-0.05, 0) is 38.8 Å². The number of para-hydroxylation sites is 1. The highest BCUT2D eigenvalue weighted by Gasteiger charge is 2.38. The van der Waals surface area contributed by atoms with Crippen LogP contribution in [0.4, 0.5) is 11.5 Å². The van der Waals surface area contributed by atoms with Crippen molar-refractivity contribution >= 4 is 28.5 Å². The number of furan rings is 1. The van der Waals surface area contributed by atoms with Crippen molar-refractivity contribution in [2.75, 3.05) is 10.6 Å². The number of fused-ring (bicyclic) bond motifs is 1. The zero-order valence-electron chi connectivity index (χ0n) is 13.6. The summed E-state index contributed by atoms with van der Waals surface area (Å²) in [6, 6.07) is 9.32. The third kappa shape index (κ3) is 2.71. The van der Waals surface area contributed by atoms with E-state index in [4.69, 9.17) is 4.42 Å². The van der Waals surface area contributed by atoms with Crippen molar-refractivity contribution in [2.45, 2.75) is 32.2 Å². The Bertz CT molecular complexity index is 913. The zero-order chi connectivity index (χ0) is 16.7. The summed E-state index contributed by atoms with van der Waals surface area (Å²) in [6.07, 6.45) is 3.61. The van der Waals surface area contributed by atoms with Gasteiger partial charge in [-0.1, -0.05) is 18.2 Å². The second-order valence-corrected chi connectivity index (χ2v) is 6.45. The maximum Gasteiger partial charge on any atom is 0.259 e. The number of rotatable bonds is 4. The maximum atomic E-state index is 12.7. The van der Waals surface area contributed by atoms with Gasteiger partial charge in [-0.15, -0.1) is 0 Å². The van der Waals surface area contributed by atoms with Gasteiger partial charge in [0.1, 0.15) is 17.9 Å². The quantitative estimate of drug-likeness (QED) is 0.764. The Morgan fingerprint density at radius 2 is 1.96 bits per heavy atom.